The second-order valence-electron chi connectivity index (χ2n) is 5.15. The maximum Gasteiger partial charge on any atom is 0.416 e. The Morgan fingerprint density at radius 2 is 2.10 bits per heavy atom. The number of rotatable bonds is 7. The summed E-state index contributed by atoms with van der Waals surface area (Å²) in [6, 6.07) is 4.78. The zero-order chi connectivity index (χ0) is 15.9. The summed E-state index contributed by atoms with van der Waals surface area (Å²) >= 11 is 0. The molecule has 0 heterocycles. The van der Waals surface area contributed by atoms with Crippen LogP contribution in [0.5, 0.6) is 0 Å². The highest BCUT2D eigenvalue weighted by molar-refractivity contribution is 5.78. The van der Waals surface area contributed by atoms with Crippen LogP contribution < -0.4 is 5.32 Å². The maximum atomic E-state index is 12.5. The van der Waals surface area contributed by atoms with Crippen LogP contribution in [0.25, 0.3) is 0 Å². The Morgan fingerprint density at radius 1 is 1.38 bits per heavy atom. The molecule has 0 fully saturated rings. The molecule has 118 valence electrons. The van der Waals surface area contributed by atoms with E-state index in [1.54, 1.807) is 0 Å². The van der Waals surface area contributed by atoms with Crippen molar-refractivity contribution in [3.63, 3.8) is 0 Å². The number of aliphatic hydroxyl groups is 1. The third-order valence-corrected chi connectivity index (χ3v) is 3.13. The lowest BCUT2D eigenvalue weighted by molar-refractivity contribution is -0.137. The number of nitrogens with one attached hydrogen (secondary N) is 1. The lowest BCUT2D eigenvalue weighted by Gasteiger charge is -2.10. The summed E-state index contributed by atoms with van der Waals surface area (Å²) in [5.41, 5.74) is -0.407. The number of carbonyl (C=O) groups excluding carboxylic acids is 1. The van der Waals surface area contributed by atoms with Gasteiger partial charge in [-0.1, -0.05) is 25.1 Å². The number of hydrogen-bond donors (Lipinski definition) is 2. The molecule has 0 radical (unpaired) electrons. The predicted molar refractivity (Wildman–Crippen MR) is 73.6 cm³/mol. The van der Waals surface area contributed by atoms with Gasteiger partial charge in [0.25, 0.3) is 0 Å². The predicted octanol–water partition coefficient (Wildman–Crippen LogP) is 2.77. The minimum Gasteiger partial charge on any atom is -0.396 e. The average molecular weight is 303 g/mol. The van der Waals surface area contributed by atoms with Crippen molar-refractivity contribution in [1.29, 1.82) is 0 Å². The number of hydrogen-bond acceptors (Lipinski definition) is 2. The summed E-state index contributed by atoms with van der Waals surface area (Å²) in [5, 5.41) is 11.5. The van der Waals surface area contributed by atoms with E-state index < -0.39 is 11.7 Å². The zero-order valence-electron chi connectivity index (χ0n) is 11.9. The molecule has 0 aliphatic heterocycles. The van der Waals surface area contributed by atoms with Crippen LogP contribution in [0.1, 0.15) is 30.9 Å². The van der Waals surface area contributed by atoms with E-state index in [2.05, 4.69) is 5.32 Å². The molecule has 6 heteroatoms. The first-order valence-electron chi connectivity index (χ1n) is 6.86. The van der Waals surface area contributed by atoms with Crippen LogP contribution in [0.3, 0.4) is 0 Å². The summed E-state index contributed by atoms with van der Waals surface area (Å²) in [6.07, 6.45) is -2.94. The van der Waals surface area contributed by atoms with Gasteiger partial charge >= 0.3 is 6.18 Å². The van der Waals surface area contributed by atoms with Crippen molar-refractivity contribution in [3.8, 4) is 0 Å². The minimum absolute atomic E-state index is 0.0700. The van der Waals surface area contributed by atoms with Crippen molar-refractivity contribution in [2.75, 3.05) is 13.2 Å². The highest BCUT2D eigenvalue weighted by Crippen LogP contribution is 2.29. The normalized spacial score (nSPS) is 13.0. The molecule has 0 bridgehead atoms. The fourth-order valence-electron chi connectivity index (χ4n) is 1.88. The molecule has 1 rings (SSSR count). The summed E-state index contributed by atoms with van der Waals surface area (Å²) in [7, 11) is 0. The quantitative estimate of drug-likeness (QED) is 0.761. The van der Waals surface area contributed by atoms with E-state index in [9.17, 15) is 18.0 Å². The Kier molecular flexibility index (Phi) is 6.68. The highest BCUT2D eigenvalue weighted by atomic mass is 19.4. The summed E-state index contributed by atoms with van der Waals surface area (Å²) < 4.78 is 37.6. The molecule has 2 N–H and O–H groups in total. The number of halogens is 3. The van der Waals surface area contributed by atoms with Gasteiger partial charge in [-0.25, -0.2) is 0 Å². The molecule has 21 heavy (non-hydrogen) atoms. The summed E-state index contributed by atoms with van der Waals surface area (Å²) in [5.74, 6) is -0.114. The first-order valence-corrected chi connectivity index (χ1v) is 6.86. The lowest BCUT2D eigenvalue weighted by Crippen LogP contribution is -2.26. The number of carbonyl (C=O) groups is 1. The third kappa shape index (κ3) is 6.62. The zero-order valence-corrected chi connectivity index (χ0v) is 11.9. The molecule has 0 saturated heterocycles. The van der Waals surface area contributed by atoms with E-state index in [0.29, 0.717) is 12.1 Å². The number of amides is 1. The van der Waals surface area contributed by atoms with E-state index in [1.165, 1.54) is 12.1 Å². The average Bonchev–Trinajstić information content (AvgIpc) is 2.42. The van der Waals surface area contributed by atoms with E-state index in [-0.39, 0.29) is 24.9 Å². The van der Waals surface area contributed by atoms with Crippen molar-refractivity contribution < 1.29 is 23.1 Å². The highest BCUT2D eigenvalue weighted by Gasteiger charge is 2.30. The molecule has 1 atom stereocenters. The van der Waals surface area contributed by atoms with Gasteiger partial charge < -0.3 is 10.4 Å². The summed E-state index contributed by atoms with van der Waals surface area (Å²) in [6.45, 7) is 2.48. The SMILES string of the molecule is CC(CO)CCCNC(=O)Cc1cccc(C(F)(F)F)c1. The van der Waals surface area contributed by atoms with Crippen LogP contribution in [-0.4, -0.2) is 24.2 Å². The Hall–Kier alpha value is -1.56. The van der Waals surface area contributed by atoms with Crippen molar-refractivity contribution in [2.24, 2.45) is 5.92 Å². The fraction of sp³-hybridized carbons (Fsp3) is 0.533. The first-order chi connectivity index (χ1) is 9.82. The molecule has 1 aromatic rings. The number of benzene rings is 1. The van der Waals surface area contributed by atoms with Crippen molar-refractivity contribution in [3.05, 3.63) is 35.4 Å². The minimum atomic E-state index is -4.40. The third-order valence-electron chi connectivity index (χ3n) is 3.13. The molecule has 0 aliphatic carbocycles. The molecule has 0 saturated carbocycles. The second kappa shape index (κ2) is 8.02. The van der Waals surface area contributed by atoms with E-state index in [4.69, 9.17) is 5.11 Å². The van der Waals surface area contributed by atoms with E-state index in [1.807, 2.05) is 6.92 Å². The van der Waals surface area contributed by atoms with Gasteiger partial charge in [-0.2, -0.15) is 13.2 Å². The molecule has 3 nitrogen and oxygen atoms in total. The topological polar surface area (TPSA) is 49.3 Å². The van der Waals surface area contributed by atoms with Gasteiger partial charge in [-0.3, -0.25) is 4.79 Å². The molecular formula is C15H20F3NO2. The molecule has 0 aromatic heterocycles. The lowest BCUT2D eigenvalue weighted by atomic mass is 10.1. The molecule has 1 aromatic carbocycles. The Balaban J connectivity index is 2.41. The van der Waals surface area contributed by atoms with Crippen molar-refractivity contribution in [2.45, 2.75) is 32.4 Å². The van der Waals surface area contributed by atoms with Gasteiger partial charge in [0.1, 0.15) is 0 Å². The van der Waals surface area contributed by atoms with E-state index >= 15 is 0 Å². The molecular weight excluding hydrogens is 283 g/mol. The number of aliphatic hydroxyl groups excluding tert-OH is 1. The van der Waals surface area contributed by atoms with Crippen LogP contribution in [0.2, 0.25) is 0 Å². The van der Waals surface area contributed by atoms with Crippen LogP contribution in [-0.2, 0) is 17.4 Å². The van der Waals surface area contributed by atoms with Crippen molar-refractivity contribution in [1.82, 2.24) is 5.32 Å². The van der Waals surface area contributed by atoms with Gasteiger partial charge in [0.15, 0.2) is 0 Å². The van der Waals surface area contributed by atoms with Gasteiger partial charge in [0.2, 0.25) is 5.91 Å². The molecule has 0 aliphatic rings. The van der Waals surface area contributed by atoms with Gasteiger partial charge in [0, 0.05) is 13.2 Å². The summed E-state index contributed by atoms with van der Waals surface area (Å²) in [4.78, 5) is 11.6. The van der Waals surface area contributed by atoms with Crippen LogP contribution in [0, 0.1) is 5.92 Å². The first kappa shape index (κ1) is 17.5. The van der Waals surface area contributed by atoms with E-state index in [0.717, 1.165) is 25.0 Å². The fourth-order valence-corrected chi connectivity index (χ4v) is 1.88. The number of alkyl halides is 3. The Labute approximate surface area is 122 Å². The standard InChI is InChI=1S/C15H20F3NO2/c1-11(10-20)4-3-7-19-14(21)9-12-5-2-6-13(8-12)15(16,17)18/h2,5-6,8,11,20H,3-4,7,9-10H2,1H3,(H,19,21). The van der Waals surface area contributed by atoms with Gasteiger partial charge in [-0.15, -0.1) is 0 Å². The second-order valence-corrected chi connectivity index (χ2v) is 5.15. The molecule has 1 amide bonds. The van der Waals surface area contributed by atoms with Crippen LogP contribution in [0.4, 0.5) is 13.2 Å². The van der Waals surface area contributed by atoms with Crippen LogP contribution in [0.15, 0.2) is 24.3 Å². The molecule has 1 unspecified atom stereocenters. The van der Waals surface area contributed by atoms with Crippen LogP contribution >= 0.6 is 0 Å². The van der Waals surface area contributed by atoms with Gasteiger partial charge in [0.05, 0.1) is 12.0 Å². The maximum absolute atomic E-state index is 12.5. The molecule has 0 spiro atoms. The van der Waals surface area contributed by atoms with Crippen molar-refractivity contribution >= 4 is 5.91 Å². The Bertz CT molecular complexity index is 460. The van der Waals surface area contributed by atoms with Gasteiger partial charge in [-0.05, 0) is 30.4 Å². The Morgan fingerprint density at radius 3 is 2.71 bits per heavy atom. The monoisotopic (exact) mass is 303 g/mol. The largest absolute Gasteiger partial charge is 0.416 e. The smallest absolute Gasteiger partial charge is 0.396 e.